The van der Waals surface area contributed by atoms with Gasteiger partial charge in [-0.25, -0.2) is 0 Å². The Hall–Kier alpha value is -4.80. The van der Waals surface area contributed by atoms with Crippen LogP contribution in [0.3, 0.4) is 0 Å². The van der Waals surface area contributed by atoms with Crippen LogP contribution in [0, 0.1) is 0 Å². The maximum atomic E-state index is 12.5. The van der Waals surface area contributed by atoms with E-state index < -0.39 is 5.97 Å². The highest BCUT2D eigenvalue weighted by Gasteiger charge is 2.22. The number of aliphatic carboxylic acids is 1. The first-order valence-corrected chi connectivity index (χ1v) is 22.7. The minimum Gasteiger partial charge on any atom is -0.493 e. The molecule has 0 saturated carbocycles. The summed E-state index contributed by atoms with van der Waals surface area (Å²) in [6.45, 7) is 9.24. The molecule has 2 heterocycles. The third-order valence-electron chi connectivity index (χ3n) is 10.6. The van der Waals surface area contributed by atoms with Crippen LogP contribution < -0.4 is 24.3 Å². The van der Waals surface area contributed by atoms with Crippen molar-refractivity contribution in [3.63, 3.8) is 0 Å². The lowest BCUT2D eigenvalue weighted by molar-refractivity contribution is -0.137. The number of ketones is 2. The van der Waals surface area contributed by atoms with E-state index >= 15 is 0 Å². The first-order valence-electron chi connectivity index (χ1n) is 21.1. The number of amides is 1. The van der Waals surface area contributed by atoms with Crippen LogP contribution in [0.15, 0.2) is 93.9 Å². The van der Waals surface area contributed by atoms with Crippen molar-refractivity contribution in [1.29, 1.82) is 0 Å². The molecule has 2 fully saturated rings. The van der Waals surface area contributed by atoms with Crippen molar-refractivity contribution in [3.05, 3.63) is 116 Å². The quantitative estimate of drug-likeness (QED) is 0.0928. The van der Waals surface area contributed by atoms with Crippen molar-refractivity contribution in [2.75, 3.05) is 80.8 Å². The molecule has 4 aromatic rings. The molecular weight excluding hydrogens is 936 g/mol. The van der Waals surface area contributed by atoms with Crippen LogP contribution in [0.4, 0.5) is 0 Å². The van der Waals surface area contributed by atoms with Gasteiger partial charge in [-0.2, -0.15) is 0 Å². The van der Waals surface area contributed by atoms with Crippen LogP contribution >= 0.6 is 31.9 Å². The first-order chi connectivity index (χ1) is 30.4. The molecule has 0 radical (unpaired) electrons. The molecule has 2 saturated heterocycles. The molecule has 0 bridgehead atoms. The summed E-state index contributed by atoms with van der Waals surface area (Å²) in [5.41, 5.74) is 3.75. The Labute approximate surface area is 388 Å². The largest absolute Gasteiger partial charge is 0.493 e. The Bertz CT molecular complexity index is 2050. The molecule has 2 aliphatic rings. The summed E-state index contributed by atoms with van der Waals surface area (Å²) in [5, 5.41) is 11.8. The van der Waals surface area contributed by atoms with E-state index in [4.69, 9.17) is 24.1 Å². The minimum atomic E-state index is -0.862. The molecule has 0 aromatic heterocycles. The van der Waals surface area contributed by atoms with Gasteiger partial charge in [-0.15, -0.1) is 0 Å². The number of methoxy groups -OCH3 is 4. The topological polar surface area (TPSA) is 147 Å². The van der Waals surface area contributed by atoms with E-state index in [2.05, 4.69) is 59.1 Å². The number of hydrogen-bond donors (Lipinski definition) is 2. The molecule has 2 N–H and O–H groups in total. The van der Waals surface area contributed by atoms with Crippen molar-refractivity contribution in [3.8, 4) is 23.0 Å². The molecule has 63 heavy (non-hydrogen) atoms. The number of ether oxygens (including phenoxy) is 4. The smallest absolute Gasteiger partial charge is 0.303 e. The first kappa shape index (κ1) is 50.8. The number of carbonyl (C=O) groups excluding carboxylic acids is 3. The summed E-state index contributed by atoms with van der Waals surface area (Å²) in [5.74, 6) is 2.39. The van der Waals surface area contributed by atoms with Gasteiger partial charge in [0.1, 0.15) is 0 Å². The van der Waals surface area contributed by atoms with Gasteiger partial charge in [-0.1, -0.05) is 68.3 Å². The van der Waals surface area contributed by atoms with Crippen molar-refractivity contribution < 1.29 is 43.2 Å². The second-order valence-corrected chi connectivity index (χ2v) is 16.9. The summed E-state index contributed by atoms with van der Waals surface area (Å²) in [6, 6.07) is 26.5. The fraction of sp³-hybridized carbons (Fsp3) is 0.417. The Morgan fingerprint density at radius 3 is 1.37 bits per heavy atom. The van der Waals surface area contributed by atoms with Crippen LogP contribution in [0.2, 0.25) is 0 Å². The lowest BCUT2D eigenvalue weighted by Gasteiger charge is -2.35. The number of nitrogens with one attached hydrogen (secondary N) is 1. The van der Waals surface area contributed by atoms with Gasteiger partial charge in [0.05, 0.1) is 28.4 Å². The van der Waals surface area contributed by atoms with Crippen LogP contribution in [0.1, 0.15) is 70.4 Å². The minimum absolute atomic E-state index is 0.0104. The molecule has 1 amide bonds. The van der Waals surface area contributed by atoms with Crippen molar-refractivity contribution >= 4 is 55.3 Å². The summed E-state index contributed by atoms with van der Waals surface area (Å²) < 4.78 is 23.1. The SMILES string of the molecule is COc1ccc(CN2CCN(C(=O)CCCC(=O)c3ccc(Br)cc3)CC2)cc1OC.COc1ccc(CN2CCNCC2)cc1OC.O=C(O)CCCC(=O)c1ccc(Br)cc1. The van der Waals surface area contributed by atoms with Gasteiger partial charge >= 0.3 is 5.97 Å². The highest BCUT2D eigenvalue weighted by Crippen LogP contribution is 2.29. The predicted octanol–water partition coefficient (Wildman–Crippen LogP) is 8.16. The Balaban J connectivity index is 0.000000229. The molecule has 0 aliphatic carbocycles. The third-order valence-corrected chi connectivity index (χ3v) is 11.6. The summed E-state index contributed by atoms with van der Waals surface area (Å²) in [7, 11) is 6.60. The molecular formula is C48H60Br2N4O9. The third kappa shape index (κ3) is 17.7. The van der Waals surface area contributed by atoms with Crippen LogP contribution in [-0.4, -0.2) is 124 Å². The van der Waals surface area contributed by atoms with Crippen molar-refractivity contribution in [2.24, 2.45) is 0 Å². The average Bonchev–Trinajstić information content (AvgIpc) is 3.30. The lowest BCUT2D eigenvalue weighted by atomic mass is 10.1. The number of benzene rings is 4. The average molecular weight is 997 g/mol. The second-order valence-electron chi connectivity index (χ2n) is 15.0. The lowest BCUT2D eigenvalue weighted by Crippen LogP contribution is -2.48. The van der Waals surface area contributed by atoms with Gasteiger partial charge in [0.2, 0.25) is 5.91 Å². The predicted molar refractivity (Wildman–Crippen MR) is 251 cm³/mol. The maximum absolute atomic E-state index is 12.5. The molecule has 15 heteroatoms. The Kier molecular flexibility index (Phi) is 22.1. The van der Waals surface area contributed by atoms with Gasteiger partial charge < -0.3 is 34.3 Å². The standard InChI is InChI=1S/C24H29BrN2O4.C13H20N2O2.C11H11BrO3/c1-30-22-11-6-18(16-23(22)31-2)17-26-12-14-27(15-13-26)24(29)5-3-4-21(28)19-7-9-20(25)10-8-19;1-16-12-4-3-11(9-13(12)17-2)10-15-7-5-14-6-8-15;12-9-6-4-8(5-7-9)10(13)2-1-3-11(14)15/h6-11,16H,3-5,12-15,17H2,1-2H3;3-4,9,14H,5-8,10H2,1-2H3;4-7H,1-3H2,(H,14,15). The van der Waals surface area contributed by atoms with E-state index in [1.54, 1.807) is 52.7 Å². The van der Waals surface area contributed by atoms with Crippen molar-refractivity contribution in [2.45, 2.75) is 51.6 Å². The van der Waals surface area contributed by atoms with Gasteiger partial charge in [0.15, 0.2) is 34.6 Å². The molecule has 2 aliphatic heterocycles. The number of carbonyl (C=O) groups is 4. The molecule has 13 nitrogen and oxygen atoms in total. The highest BCUT2D eigenvalue weighted by atomic mass is 79.9. The molecule has 340 valence electrons. The zero-order valence-corrected chi connectivity index (χ0v) is 39.9. The van der Waals surface area contributed by atoms with Crippen LogP contribution in [0.5, 0.6) is 23.0 Å². The number of Topliss-reactive ketones (excluding diaryl/α,β-unsaturated/α-hetero) is 2. The summed E-state index contributed by atoms with van der Waals surface area (Å²) >= 11 is 6.65. The number of carboxylic acids is 1. The molecule has 0 atom stereocenters. The Morgan fingerprint density at radius 2 is 0.952 bits per heavy atom. The number of carboxylic acid groups (broad SMARTS) is 1. The zero-order valence-electron chi connectivity index (χ0n) is 36.7. The monoisotopic (exact) mass is 994 g/mol. The fourth-order valence-electron chi connectivity index (χ4n) is 7.02. The van der Waals surface area contributed by atoms with Crippen molar-refractivity contribution in [1.82, 2.24) is 20.0 Å². The van der Waals surface area contributed by atoms with E-state index in [-0.39, 0.29) is 30.3 Å². The highest BCUT2D eigenvalue weighted by molar-refractivity contribution is 9.10. The number of piperazine rings is 2. The van der Waals surface area contributed by atoms with E-state index in [9.17, 15) is 19.2 Å². The van der Waals surface area contributed by atoms with Gasteiger partial charge in [0.25, 0.3) is 0 Å². The number of rotatable bonds is 18. The van der Waals surface area contributed by atoms with Gasteiger partial charge in [-0.05, 0) is 72.5 Å². The van der Waals surface area contributed by atoms with E-state index in [0.717, 1.165) is 89.9 Å². The van der Waals surface area contributed by atoms with Crippen LogP contribution in [-0.2, 0) is 22.7 Å². The number of halogens is 2. The number of nitrogens with zero attached hydrogens (tertiary/aromatic N) is 3. The molecule has 6 rings (SSSR count). The molecule has 4 aromatic carbocycles. The van der Waals surface area contributed by atoms with E-state index in [1.807, 2.05) is 53.4 Å². The Morgan fingerprint density at radius 1 is 0.540 bits per heavy atom. The van der Waals surface area contributed by atoms with Crippen LogP contribution in [0.25, 0.3) is 0 Å². The van der Waals surface area contributed by atoms with Gasteiger partial charge in [0, 0.05) is 111 Å². The molecule has 0 unspecified atom stereocenters. The molecule has 0 spiro atoms. The summed E-state index contributed by atoms with van der Waals surface area (Å²) in [6.07, 6.45) is 2.12. The maximum Gasteiger partial charge on any atom is 0.303 e. The fourth-order valence-corrected chi connectivity index (χ4v) is 7.55. The zero-order chi connectivity index (χ0) is 45.6. The summed E-state index contributed by atoms with van der Waals surface area (Å²) in [4.78, 5) is 53.3. The van der Waals surface area contributed by atoms with E-state index in [1.165, 1.54) is 5.56 Å². The number of hydrogen-bond acceptors (Lipinski definition) is 11. The second kappa shape index (κ2) is 27.4. The van der Waals surface area contributed by atoms with E-state index in [0.29, 0.717) is 49.9 Å². The normalized spacial score (nSPS) is 14.0. The van der Waals surface area contributed by atoms with Gasteiger partial charge in [-0.3, -0.25) is 29.0 Å².